The minimum atomic E-state index is -0.545. The number of nitrogens with zero attached hydrogens (tertiary/aromatic N) is 1. The maximum atomic E-state index is 12.5. The number of aromatic hydroxyl groups is 1. The number of aryl methyl sites for hydroxylation is 1. The molecule has 26 heavy (non-hydrogen) atoms. The lowest BCUT2D eigenvalue weighted by atomic mass is 10.0. The van der Waals surface area contributed by atoms with Crippen LogP contribution in [-0.2, 0) is 6.42 Å². The van der Waals surface area contributed by atoms with Gasteiger partial charge in [0.15, 0.2) is 11.2 Å². The zero-order valence-corrected chi connectivity index (χ0v) is 14.3. The van der Waals surface area contributed by atoms with Crippen LogP contribution in [0.25, 0.3) is 22.3 Å². The summed E-state index contributed by atoms with van der Waals surface area (Å²) >= 11 is 0. The Hall–Kier alpha value is -3.35. The van der Waals surface area contributed by atoms with Crippen LogP contribution in [0.5, 0.6) is 11.5 Å². The molecule has 134 valence electrons. The molecule has 0 unspecified atom stereocenters. The molecule has 7 nitrogen and oxygen atoms in total. The van der Waals surface area contributed by atoms with Crippen LogP contribution in [0.1, 0.15) is 18.9 Å². The zero-order chi connectivity index (χ0) is 18.8. The first-order valence-electron chi connectivity index (χ1n) is 8.07. The average Bonchev–Trinajstić information content (AvgIpc) is 2.63. The van der Waals surface area contributed by atoms with E-state index in [0.717, 1.165) is 6.42 Å². The molecule has 0 bridgehead atoms. The normalized spacial score (nSPS) is 10.8. The molecule has 1 N–H and O–H groups in total. The van der Waals surface area contributed by atoms with Crippen molar-refractivity contribution in [2.45, 2.75) is 19.8 Å². The SMILES string of the molecule is CCCc1c(O)ccc2c(=O)cc(-c3ccc([N+](=O)[O-])c(OC)c3)oc12. The van der Waals surface area contributed by atoms with Gasteiger partial charge in [0.05, 0.1) is 17.4 Å². The third-order valence-electron chi connectivity index (χ3n) is 4.14. The summed E-state index contributed by atoms with van der Waals surface area (Å²) in [6, 6.07) is 8.58. The quantitative estimate of drug-likeness (QED) is 0.547. The van der Waals surface area contributed by atoms with Gasteiger partial charge in [-0.05, 0) is 30.7 Å². The first kappa shape index (κ1) is 17.5. The summed E-state index contributed by atoms with van der Waals surface area (Å²) in [5, 5.41) is 21.5. The summed E-state index contributed by atoms with van der Waals surface area (Å²) < 4.78 is 11.0. The molecule has 7 heteroatoms. The lowest BCUT2D eigenvalue weighted by Gasteiger charge is -2.10. The second-order valence-corrected chi connectivity index (χ2v) is 5.81. The highest BCUT2D eigenvalue weighted by molar-refractivity contribution is 5.84. The third-order valence-corrected chi connectivity index (χ3v) is 4.14. The van der Waals surface area contributed by atoms with E-state index in [2.05, 4.69) is 0 Å². The highest BCUT2D eigenvalue weighted by Crippen LogP contribution is 2.34. The van der Waals surface area contributed by atoms with Crippen molar-refractivity contribution in [3.63, 3.8) is 0 Å². The molecule has 0 aliphatic rings. The number of phenols is 1. The molecule has 1 aromatic heterocycles. The molecule has 0 fully saturated rings. The topological polar surface area (TPSA) is 103 Å². The second-order valence-electron chi connectivity index (χ2n) is 5.81. The molecule has 0 saturated heterocycles. The Morgan fingerprint density at radius 3 is 2.65 bits per heavy atom. The molecular weight excluding hydrogens is 338 g/mol. The number of nitro groups is 1. The van der Waals surface area contributed by atoms with Gasteiger partial charge in [-0.15, -0.1) is 0 Å². The van der Waals surface area contributed by atoms with Crippen LogP contribution in [0.2, 0.25) is 0 Å². The van der Waals surface area contributed by atoms with Crippen molar-refractivity contribution < 1.29 is 19.2 Å². The Bertz CT molecular complexity index is 1050. The van der Waals surface area contributed by atoms with Gasteiger partial charge in [0.1, 0.15) is 17.1 Å². The summed E-state index contributed by atoms with van der Waals surface area (Å²) in [6.07, 6.45) is 1.32. The maximum Gasteiger partial charge on any atom is 0.310 e. The van der Waals surface area contributed by atoms with E-state index in [0.29, 0.717) is 28.5 Å². The van der Waals surface area contributed by atoms with Gasteiger partial charge in [0.25, 0.3) is 0 Å². The molecule has 3 rings (SSSR count). The van der Waals surface area contributed by atoms with Crippen molar-refractivity contribution in [1.29, 1.82) is 0 Å². The molecule has 0 saturated carbocycles. The van der Waals surface area contributed by atoms with Gasteiger partial charge in [-0.1, -0.05) is 13.3 Å². The summed E-state index contributed by atoms with van der Waals surface area (Å²) in [4.78, 5) is 23.0. The molecule has 0 atom stereocenters. The number of nitro benzene ring substituents is 1. The Kier molecular flexibility index (Phi) is 4.62. The molecule has 3 aromatic rings. The Morgan fingerprint density at radius 2 is 2.00 bits per heavy atom. The molecule has 0 aliphatic carbocycles. The molecule has 2 aromatic carbocycles. The number of benzene rings is 2. The maximum absolute atomic E-state index is 12.5. The molecule has 0 radical (unpaired) electrons. The van der Waals surface area contributed by atoms with Gasteiger partial charge in [0, 0.05) is 23.3 Å². The Labute approximate surface area is 148 Å². The standard InChI is InChI=1S/C19H17NO6/c1-3-4-12-15(21)8-6-13-16(22)10-17(26-19(12)13)11-5-7-14(20(23)24)18(9-11)25-2/h5-10,21H,3-4H2,1-2H3. The van der Waals surface area contributed by atoms with Crippen LogP contribution in [0, 0.1) is 10.1 Å². The fourth-order valence-corrected chi connectivity index (χ4v) is 2.88. The fraction of sp³-hybridized carbons (Fsp3) is 0.211. The van der Waals surface area contributed by atoms with Gasteiger partial charge in [0.2, 0.25) is 0 Å². The number of rotatable bonds is 5. The van der Waals surface area contributed by atoms with E-state index in [1.165, 1.54) is 43.5 Å². The number of fused-ring (bicyclic) bond motifs is 1. The predicted molar refractivity (Wildman–Crippen MR) is 96.8 cm³/mol. The Balaban J connectivity index is 2.25. The van der Waals surface area contributed by atoms with Crippen molar-refractivity contribution in [2.75, 3.05) is 7.11 Å². The number of hydrogen-bond donors (Lipinski definition) is 1. The lowest BCUT2D eigenvalue weighted by molar-refractivity contribution is -0.385. The van der Waals surface area contributed by atoms with Crippen molar-refractivity contribution >= 4 is 16.7 Å². The minimum Gasteiger partial charge on any atom is -0.508 e. The van der Waals surface area contributed by atoms with Crippen LogP contribution in [0.3, 0.4) is 0 Å². The van der Waals surface area contributed by atoms with Crippen LogP contribution >= 0.6 is 0 Å². The molecule has 1 heterocycles. The van der Waals surface area contributed by atoms with E-state index in [4.69, 9.17) is 9.15 Å². The number of phenolic OH excluding ortho intramolecular Hbond substituents is 1. The molecular formula is C19H17NO6. The van der Waals surface area contributed by atoms with E-state index in [1.54, 1.807) is 0 Å². The van der Waals surface area contributed by atoms with Crippen LogP contribution in [0.15, 0.2) is 45.6 Å². The monoisotopic (exact) mass is 355 g/mol. The number of methoxy groups -OCH3 is 1. The molecule has 0 amide bonds. The zero-order valence-electron chi connectivity index (χ0n) is 14.3. The van der Waals surface area contributed by atoms with Crippen molar-refractivity contribution in [3.05, 3.63) is 62.3 Å². The Morgan fingerprint density at radius 1 is 1.23 bits per heavy atom. The van der Waals surface area contributed by atoms with E-state index >= 15 is 0 Å². The predicted octanol–water partition coefficient (Wildman–Crippen LogP) is 4.03. The van der Waals surface area contributed by atoms with E-state index in [1.807, 2.05) is 6.92 Å². The van der Waals surface area contributed by atoms with Crippen molar-refractivity contribution in [3.8, 4) is 22.8 Å². The van der Waals surface area contributed by atoms with Gasteiger partial charge in [-0.2, -0.15) is 0 Å². The van der Waals surface area contributed by atoms with Crippen LogP contribution in [-0.4, -0.2) is 17.1 Å². The highest BCUT2D eigenvalue weighted by atomic mass is 16.6. The van der Waals surface area contributed by atoms with Gasteiger partial charge in [-0.3, -0.25) is 14.9 Å². The van der Waals surface area contributed by atoms with E-state index in [9.17, 15) is 20.0 Å². The molecule has 0 aliphatic heterocycles. The van der Waals surface area contributed by atoms with E-state index < -0.39 is 4.92 Å². The van der Waals surface area contributed by atoms with Gasteiger partial charge in [-0.25, -0.2) is 0 Å². The summed E-state index contributed by atoms with van der Waals surface area (Å²) in [5.74, 6) is 0.388. The third kappa shape index (κ3) is 2.99. The van der Waals surface area contributed by atoms with Crippen LogP contribution < -0.4 is 10.2 Å². The smallest absolute Gasteiger partial charge is 0.310 e. The number of hydrogen-bond acceptors (Lipinski definition) is 6. The lowest BCUT2D eigenvalue weighted by Crippen LogP contribution is -2.02. The van der Waals surface area contributed by atoms with Gasteiger partial charge >= 0.3 is 5.69 Å². The van der Waals surface area contributed by atoms with E-state index in [-0.39, 0.29) is 28.4 Å². The first-order valence-corrected chi connectivity index (χ1v) is 8.07. The van der Waals surface area contributed by atoms with Crippen molar-refractivity contribution in [1.82, 2.24) is 0 Å². The number of ether oxygens (including phenoxy) is 1. The highest BCUT2D eigenvalue weighted by Gasteiger charge is 2.18. The van der Waals surface area contributed by atoms with Crippen LogP contribution in [0.4, 0.5) is 5.69 Å². The molecule has 0 spiro atoms. The largest absolute Gasteiger partial charge is 0.508 e. The first-order chi connectivity index (χ1) is 12.5. The van der Waals surface area contributed by atoms with Crippen molar-refractivity contribution in [2.24, 2.45) is 0 Å². The second kappa shape index (κ2) is 6.87. The summed E-state index contributed by atoms with van der Waals surface area (Å²) in [5.41, 5.74) is 0.932. The van der Waals surface area contributed by atoms with Gasteiger partial charge < -0.3 is 14.3 Å². The summed E-state index contributed by atoms with van der Waals surface area (Å²) in [6.45, 7) is 1.96. The summed E-state index contributed by atoms with van der Waals surface area (Å²) in [7, 11) is 1.33. The average molecular weight is 355 g/mol. The minimum absolute atomic E-state index is 0.0694. The fourth-order valence-electron chi connectivity index (χ4n) is 2.88.